The third-order valence-electron chi connectivity index (χ3n) is 3.55. The molecule has 0 saturated heterocycles. The predicted molar refractivity (Wildman–Crippen MR) is 70.5 cm³/mol. The van der Waals surface area contributed by atoms with Crippen molar-refractivity contribution >= 4 is 5.97 Å². The topological polar surface area (TPSA) is 59.0 Å². The minimum Gasteiger partial charge on any atom is -0.497 e. The molecule has 1 aromatic rings. The summed E-state index contributed by atoms with van der Waals surface area (Å²) >= 11 is 0. The van der Waals surface area contributed by atoms with Gasteiger partial charge in [-0.2, -0.15) is 0 Å². The van der Waals surface area contributed by atoms with Gasteiger partial charge >= 0.3 is 5.97 Å². The Morgan fingerprint density at radius 3 is 2.68 bits per heavy atom. The lowest BCUT2D eigenvalue weighted by Gasteiger charge is -2.18. The summed E-state index contributed by atoms with van der Waals surface area (Å²) in [5.41, 5.74) is 1.03. The molecule has 0 aromatic heterocycles. The minimum absolute atomic E-state index is 0.129. The summed E-state index contributed by atoms with van der Waals surface area (Å²) < 4.78 is 10.5. The number of carbonyl (C=O) groups is 1. The summed E-state index contributed by atoms with van der Waals surface area (Å²) in [6.45, 7) is 0.668. The lowest BCUT2D eigenvalue weighted by Crippen LogP contribution is -2.23. The quantitative estimate of drug-likeness (QED) is 0.846. The maximum Gasteiger partial charge on any atom is 0.308 e. The van der Waals surface area contributed by atoms with Gasteiger partial charge in [-0.05, 0) is 19.5 Å². The zero-order valence-corrected chi connectivity index (χ0v) is 11.4. The molecule has 2 atom stereocenters. The fraction of sp³-hybridized carbons (Fsp3) is 0.500. The third-order valence-corrected chi connectivity index (χ3v) is 3.55. The maximum atomic E-state index is 10.9. The van der Waals surface area contributed by atoms with E-state index in [1.807, 2.05) is 25.2 Å². The molecular weight excluding hydrogens is 246 g/mol. The Hall–Kier alpha value is -1.75. The summed E-state index contributed by atoms with van der Waals surface area (Å²) in [6.07, 6.45) is 0.726. The molecule has 0 bridgehead atoms. The molecule has 1 fully saturated rings. The Morgan fingerprint density at radius 2 is 2.16 bits per heavy atom. The first kappa shape index (κ1) is 13.7. The number of aliphatic carboxylic acids is 1. The van der Waals surface area contributed by atoms with E-state index in [9.17, 15) is 4.79 Å². The van der Waals surface area contributed by atoms with E-state index in [0.29, 0.717) is 6.54 Å². The second-order valence-corrected chi connectivity index (χ2v) is 4.84. The van der Waals surface area contributed by atoms with Crippen LogP contribution in [0.3, 0.4) is 0 Å². The van der Waals surface area contributed by atoms with Gasteiger partial charge in [-0.1, -0.05) is 6.07 Å². The van der Waals surface area contributed by atoms with E-state index in [0.717, 1.165) is 23.5 Å². The maximum absolute atomic E-state index is 10.9. The van der Waals surface area contributed by atoms with E-state index in [4.69, 9.17) is 14.6 Å². The molecular formula is C14H19NO4. The van der Waals surface area contributed by atoms with Crippen LogP contribution >= 0.6 is 0 Å². The molecule has 5 heteroatoms. The molecule has 1 aliphatic carbocycles. The second kappa shape index (κ2) is 5.48. The molecule has 0 radical (unpaired) electrons. The van der Waals surface area contributed by atoms with Crippen LogP contribution < -0.4 is 9.47 Å². The van der Waals surface area contributed by atoms with Crippen molar-refractivity contribution in [1.82, 2.24) is 4.90 Å². The van der Waals surface area contributed by atoms with Crippen molar-refractivity contribution < 1.29 is 19.4 Å². The van der Waals surface area contributed by atoms with Crippen molar-refractivity contribution in [2.75, 3.05) is 21.3 Å². The molecule has 2 rings (SSSR count). The zero-order chi connectivity index (χ0) is 14.0. The Balaban J connectivity index is 2.05. The average molecular weight is 265 g/mol. The van der Waals surface area contributed by atoms with E-state index in [1.54, 1.807) is 14.2 Å². The third kappa shape index (κ3) is 2.98. The van der Waals surface area contributed by atoms with Gasteiger partial charge in [-0.15, -0.1) is 0 Å². The first-order chi connectivity index (χ1) is 9.06. The highest BCUT2D eigenvalue weighted by molar-refractivity contribution is 5.74. The first-order valence-corrected chi connectivity index (χ1v) is 6.20. The van der Waals surface area contributed by atoms with E-state index < -0.39 is 5.97 Å². The molecule has 0 heterocycles. The number of hydrogen-bond donors (Lipinski definition) is 1. The summed E-state index contributed by atoms with van der Waals surface area (Å²) in [5, 5.41) is 8.94. The molecule has 1 aromatic carbocycles. The van der Waals surface area contributed by atoms with Crippen LogP contribution in [-0.4, -0.2) is 43.3 Å². The number of rotatable bonds is 6. The first-order valence-electron chi connectivity index (χ1n) is 6.20. The van der Waals surface area contributed by atoms with Crippen LogP contribution in [0.15, 0.2) is 18.2 Å². The number of benzene rings is 1. The van der Waals surface area contributed by atoms with Crippen LogP contribution in [0.1, 0.15) is 12.0 Å². The largest absolute Gasteiger partial charge is 0.497 e. The van der Waals surface area contributed by atoms with Crippen molar-refractivity contribution in [3.63, 3.8) is 0 Å². The summed E-state index contributed by atoms with van der Waals surface area (Å²) in [7, 11) is 5.18. The summed E-state index contributed by atoms with van der Waals surface area (Å²) in [5.74, 6) is 0.574. The standard InChI is InChI=1S/C14H19NO4/c1-15(12-7-11(12)14(16)17)8-9-4-5-10(18-2)6-13(9)19-3/h4-6,11-12H,7-8H2,1-3H3,(H,16,17). The number of carboxylic acid groups (broad SMARTS) is 1. The lowest BCUT2D eigenvalue weighted by atomic mass is 10.1. The Kier molecular flexibility index (Phi) is 3.95. The van der Waals surface area contributed by atoms with Crippen LogP contribution in [0.4, 0.5) is 0 Å². The van der Waals surface area contributed by atoms with Crippen LogP contribution in [0.5, 0.6) is 11.5 Å². The fourth-order valence-corrected chi connectivity index (χ4v) is 2.30. The molecule has 1 saturated carbocycles. The van der Waals surface area contributed by atoms with Crippen molar-refractivity contribution in [2.24, 2.45) is 5.92 Å². The van der Waals surface area contributed by atoms with Gasteiger partial charge < -0.3 is 14.6 Å². The van der Waals surface area contributed by atoms with Gasteiger partial charge in [0.25, 0.3) is 0 Å². The Bertz CT molecular complexity index is 475. The molecule has 0 aliphatic heterocycles. The van der Waals surface area contributed by atoms with Crippen LogP contribution in [0.2, 0.25) is 0 Å². The summed E-state index contributed by atoms with van der Waals surface area (Å²) in [6, 6.07) is 5.80. The zero-order valence-electron chi connectivity index (χ0n) is 11.4. The molecule has 5 nitrogen and oxygen atoms in total. The second-order valence-electron chi connectivity index (χ2n) is 4.84. The molecule has 2 unspecified atom stereocenters. The van der Waals surface area contributed by atoms with Gasteiger partial charge in [0.1, 0.15) is 11.5 Å². The molecule has 1 N–H and O–H groups in total. The van der Waals surface area contributed by atoms with E-state index in [-0.39, 0.29) is 12.0 Å². The van der Waals surface area contributed by atoms with Gasteiger partial charge in [0, 0.05) is 24.2 Å². The fourth-order valence-electron chi connectivity index (χ4n) is 2.30. The van der Waals surface area contributed by atoms with Gasteiger partial charge in [-0.25, -0.2) is 0 Å². The molecule has 104 valence electrons. The number of methoxy groups -OCH3 is 2. The highest BCUT2D eigenvalue weighted by Gasteiger charge is 2.45. The number of nitrogens with zero attached hydrogens (tertiary/aromatic N) is 1. The number of hydrogen-bond acceptors (Lipinski definition) is 4. The van der Waals surface area contributed by atoms with Gasteiger partial charge in [0.2, 0.25) is 0 Å². The minimum atomic E-state index is -0.710. The molecule has 19 heavy (non-hydrogen) atoms. The Labute approximate surface area is 112 Å². The van der Waals surface area contributed by atoms with Gasteiger partial charge in [0.05, 0.1) is 20.1 Å². The molecule has 0 spiro atoms. The molecule has 1 aliphatic rings. The van der Waals surface area contributed by atoms with Crippen molar-refractivity contribution in [2.45, 2.75) is 19.0 Å². The highest BCUT2D eigenvalue weighted by atomic mass is 16.5. The SMILES string of the molecule is COc1ccc(CN(C)C2CC2C(=O)O)c(OC)c1. The van der Waals surface area contributed by atoms with Crippen molar-refractivity contribution in [1.29, 1.82) is 0 Å². The van der Waals surface area contributed by atoms with Crippen molar-refractivity contribution in [3.05, 3.63) is 23.8 Å². The number of ether oxygens (including phenoxy) is 2. The highest BCUT2D eigenvalue weighted by Crippen LogP contribution is 2.36. The van der Waals surface area contributed by atoms with E-state index in [2.05, 4.69) is 4.90 Å². The average Bonchev–Trinajstić information content (AvgIpc) is 3.19. The van der Waals surface area contributed by atoms with Crippen LogP contribution in [0, 0.1) is 5.92 Å². The predicted octanol–water partition coefficient (Wildman–Crippen LogP) is 1.61. The lowest BCUT2D eigenvalue weighted by molar-refractivity contribution is -0.138. The Morgan fingerprint density at radius 1 is 1.42 bits per heavy atom. The van der Waals surface area contributed by atoms with Crippen LogP contribution in [-0.2, 0) is 11.3 Å². The summed E-state index contributed by atoms with van der Waals surface area (Å²) in [4.78, 5) is 12.9. The van der Waals surface area contributed by atoms with Crippen LogP contribution in [0.25, 0.3) is 0 Å². The number of carboxylic acids is 1. The van der Waals surface area contributed by atoms with Gasteiger partial charge in [0.15, 0.2) is 0 Å². The smallest absolute Gasteiger partial charge is 0.308 e. The molecule has 0 amide bonds. The normalized spacial score (nSPS) is 21.3. The van der Waals surface area contributed by atoms with E-state index in [1.165, 1.54) is 0 Å². The van der Waals surface area contributed by atoms with Gasteiger partial charge in [-0.3, -0.25) is 9.69 Å². The monoisotopic (exact) mass is 265 g/mol. The van der Waals surface area contributed by atoms with Crippen molar-refractivity contribution in [3.8, 4) is 11.5 Å². The van der Waals surface area contributed by atoms with E-state index >= 15 is 0 Å².